The Hall–Kier alpha value is -2.59. The fourth-order valence-corrected chi connectivity index (χ4v) is 7.79. The lowest BCUT2D eigenvalue weighted by molar-refractivity contribution is -0.161. The summed E-state index contributed by atoms with van der Waals surface area (Å²) in [5.41, 5.74) is 0. The van der Waals surface area contributed by atoms with Crippen LogP contribution in [0.3, 0.4) is 0 Å². The average molecular weight is 949 g/mol. The number of aliphatic hydroxyl groups excluding tert-OH is 3. The van der Waals surface area contributed by atoms with Gasteiger partial charge in [-0.2, -0.15) is 0 Å². The molecule has 0 aliphatic heterocycles. The van der Waals surface area contributed by atoms with Crippen LogP contribution < -0.4 is 0 Å². The summed E-state index contributed by atoms with van der Waals surface area (Å²) in [7, 11) is -9.80. The second-order valence-corrected chi connectivity index (χ2v) is 18.8. The van der Waals surface area contributed by atoms with Gasteiger partial charge in [0.2, 0.25) is 0 Å². The highest BCUT2D eigenvalue weighted by Crippen LogP contribution is 2.44. The topological polar surface area (TPSA) is 253 Å². The number of unbranched alkanes of at least 4 members (excludes halogenated alkanes) is 10. The Balaban J connectivity index is 2.60. The van der Waals surface area contributed by atoms with E-state index in [1.807, 2.05) is 24.3 Å². The van der Waals surface area contributed by atoms with Crippen molar-refractivity contribution in [3.05, 3.63) is 60.8 Å². The van der Waals surface area contributed by atoms with E-state index in [-0.39, 0.29) is 31.0 Å². The quantitative estimate of drug-likeness (QED) is 0.0146. The van der Waals surface area contributed by atoms with Gasteiger partial charge in [0.25, 0.3) is 0 Å². The van der Waals surface area contributed by atoms with E-state index in [9.17, 15) is 43.7 Å². The van der Waals surface area contributed by atoms with E-state index < -0.39 is 84.3 Å². The Morgan fingerprint density at radius 1 is 0.688 bits per heavy atom. The van der Waals surface area contributed by atoms with Crippen LogP contribution in [0, 0.1) is 11.8 Å². The van der Waals surface area contributed by atoms with Gasteiger partial charge in [0.05, 0.1) is 32.0 Å². The molecule has 1 unspecified atom stereocenters. The first kappa shape index (κ1) is 59.4. The van der Waals surface area contributed by atoms with Crippen molar-refractivity contribution in [1.29, 1.82) is 0 Å². The molecule has 18 heteroatoms. The van der Waals surface area contributed by atoms with Crippen molar-refractivity contribution in [2.45, 2.75) is 173 Å². The van der Waals surface area contributed by atoms with Gasteiger partial charge in [-0.05, 0) is 64.2 Å². The minimum atomic E-state index is -4.91. The lowest BCUT2D eigenvalue weighted by atomic mass is 9.90. The Labute approximate surface area is 381 Å². The molecule has 1 aliphatic carbocycles. The van der Waals surface area contributed by atoms with Crippen LogP contribution in [0.25, 0.3) is 0 Å². The second kappa shape index (κ2) is 36.5. The first-order chi connectivity index (χ1) is 30.6. The molecule has 368 valence electrons. The van der Waals surface area contributed by atoms with Crippen LogP contribution in [0.2, 0.25) is 0 Å². The molecule has 0 saturated heterocycles. The molecule has 0 amide bonds. The summed E-state index contributed by atoms with van der Waals surface area (Å²) < 4.78 is 47.7. The number of ketones is 1. The molecule has 0 spiro atoms. The van der Waals surface area contributed by atoms with Gasteiger partial charge < -0.3 is 39.5 Å². The van der Waals surface area contributed by atoms with Crippen LogP contribution in [-0.2, 0) is 46.6 Å². The summed E-state index contributed by atoms with van der Waals surface area (Å²) >= 11 is 0. The number of phosphoric ester groups is 2. The molecule has 1 fully saturated rings. The van der Waals surface area contributed by atoms with Gasteiger partial charge in [-0.3, -0.25) is 28.0 Å². The van der Waals surface area contributed by atoms with E-state index in [2.05, 4.69) is 47.2 Å². The predicted molar refractivity (Wildman–Crippen MR) is 245 cm³/mol. The highest BCUT2D eigenvalue weighted by molar-refractivity contribution is 7.47. The Morgan fingerprint density at radius 3 is 1.89 bits per heavy atom. The summed E-state index contributed by atoms with van der Waals surface area (Å²) in [6.45, 7) is 1.28. The number of aliphatic hydroxyl groups is 3. The number of carbonyl (C=O) groups excluding carboxylic acids is 3. The average Bonchev–Trinajstić information content (AvgIpc) is 3.51. The highest BCUT2D eigenvalue weighted by atomic mass is 31.2. The van der Waals surface area contributed by atoms with Crippen molar-refractivity contribution in [1.82, 2.24) is 0 Å². The summed E-state index contributed by atoms with van der Waals surface area (Å²) in [4.78, 5) is 65.5. The van der Waals surface area contributed by atoms with E-state index >= 15 is 0 Å². The maximum atomic E-state index is 12.8. The van der Waals surface area contributed by atoms with E-state index in [4.69, 9.17) is 23.8 Å². The number of hydrogen-bond donors (Lipinski definition) is 6. The summed E-state index contributed by atoms with van der Waals surface area (Å²) in [5.74, 6) is -2.20. The maximum absolute atomic E-state index is 12.8. The molecule has 0 heterocycles. The third-order valence-corrected chi connectivity index (χ3v) is 11.7. The molecule has 7 atom stereocenters. The van der Waals surface area contributed by atoms with Crippen LogP contribution >= 0.6 is 15.6 Å². The van der Waals surface area contributed by atoms with Gasteiger partial charge in [-0.25, -0.2) is 9.13 Å². The summed E-state index contributed by atoms with van der Waals surface area (Å²) in [6.07, 6.45) is 31.6. The first-order valence-electron chi connectivity index (χ1n) is 23.1. The molecular weight excluding hydrogens is 870 g/mol. The molecule has 1 rings (SSSR count). The molecule has 1 saturated carbocycles. The minimum absolute atomic E-state index is 0.0486. The van der Waals surface area contributed by atoms with Crippen molar-refractivity contribution in [3.63, 3.8) is 0 Å². The monoisotopic (exact) mass is 948 g/mol. The maximum Gasteiger partial charge on any atom is 0.472 e. The number of Topliss-reactive ketones (excluding diaryl/α,β-unsaturated/α-hetero) is 1. The fourth-order valence-electron chi connectivity index (χ4n) is 6.64. The Kier molecular flexibility index (Phi) is 33.9. The zero-order valence-electron chi connectivity index (χ0n) is 38.1. The number of hydrogen-bond acceptors (Lipinski definition) is 13. The molecular formula is C46H78O16P2. The lowest BCUT2D eigenvalue weighted by Crippen LogP contribution is -2.29. The van der Waals surface area contributed by atoms with Crippen molar-refractivity contribution < 1.29 is 76.6 Å². The molecule has 0 aromatic carbocycles. The zero-order chi connectivity index (χ0) is 47.5. The molecule has 0 aromatic rings. The van der Waals surface area contributed by atoms with E-state index in [0.717, 1.165) is 38.5 Å². The first-order valence-corrected chi connectivity index (χ1v) is 26.1. The number of rotatable bonds is 39. The number of allylic oxidation sites excluding steroid dienone is 9. The smallest absolute Gasteiger partial charge is 0.462 e. The standard InChI is InChI=1S/C46H78O16P2/c1-3-5-7-8-9-10-11-12-13-14-15-16-17-18-19-20-25-29-45(51)58-36-40(37-61-64(56,57)60-35-39(48)34-59-63(53,54)55)62-46(52)30-26-22-21-24-28-41-42(44(50)33-43(41)49)32-31-38(47)27-23-6-4-2/h12-13,15-16,18-19,21,24,31-32,38-43,47-49H,3-11,14,17,20,22-23,25-30,33-37H2,1-2H3,(H,56,57)(H2,53,54,55)/b13-12-,16-15-,19-18-,24-21-,32-31+/t38-,39-,40+,41+,42+,43-/m0/s1. The van der Waals surface area contributed by atoms with E-state index in [1.54, 1.807) is 12.2 Å². The van der Waals surface area contributed by atoms with Gasteiger partial charge in [-0.15, -0.1) is 0 Å². The Bertz CT molecular complexity index is 1520. The van der Waals surface area contributed by atoms with Crippen molar-refractivity contribution in [3.8, 4) is 0 Å². The molecule has 1 aliphatic rings. The van der Waals surface area contributed by atoms with Gasteiger partial charge in [-0.1, -0.05) is 126 Å². The molecule has 0 radical (unpaired) electrons. The van der Waals surface area contributed by atoms with Crippen LogP contribution in [0.4, 0.5) is 0 Å². The van der Waals surface area contributed by atoms with E-state index in [0.29, 0.717) is 38.5 Å². The molecule has 16 nitrogen and oxygen atoms in total. The highest BCUT2D eigenvalue weighted by Gasteiger charge is 2.39. The van der Waals surface area contributed by atoms with Crippen molar-refractivity contribution in [2.24, 2.45) is 11.8 Å². The van der Waals surface area contributed by atoms with Gasteiger partial charge in [0.15, 0.2) is 6.10 Å². The zero-order valence-corrected chi connectivity index (χ0v) is 39.9. The molecule has 0 bridgehead atoms. The normalized spacial score (nSPS) is 19.7. The number of carbonyl (C=O) groups is 3. The van der Waals surface area contributed by atoms with Crippen LogP contribution in [0.5, 0.6) is 0 Å². The van der Waals surface area contributed by atoms with Crippen LogP contribution in [0.1, 0.15) is 149 Å². The number of phosphoric acid groups is 2. The third-order valence-electron chi connectivity index (χ3n) is 10.2. The van der Waals surface area contributed by atoms with Gasteiger partial charge in [0, 0.05) is 31.1 Å². The van der Waals surface area contributed by atoms with Crippen molar-refractivity contribution >= 4 is 33.4 Å². The Morgan fingerprint density at radius 2 is 1.23 bits per heavy atom. The predicted octanol–water partition coefficient (Wildman–Crippen LogP) is 8.60. The van der Waals surface area contributed by atoms with Crippen molar-refractivity contribution in [2.75, 3.05) is 26.4 Å². The minimum Gasteiger partial charge on any atom is -0.462 e. The molecule has 64 heavy (non-hydrogen) atoms. The van der Waals surface area contributed by atoms with Crippen LogP contribution in [0.15, 0.2) is 60.8 Å². The summed E-state index contributed by atoms with van der Waals surface area (Å²) in [6, 6.07) is 0. The largest absolute Gasteiger partial charge is 0.472 e. The summed E-state index contributed by atoms with van der Waals surface area (Å²) in [5, 5.41) is 30.5. The lowest BCUT2D eigenvalue weighted by Gasteiger charge is -2.20. The number of esters is 2. The van der Waals surface area contributed by atoms with Crippen LogP contribution in [-0.4, -0.2) is 98.6 Å². The SMILES string of the molecule is CCCCCCCC/C=C\C/C=C\C/C=C\CCCC(=O)OC[C@H](COP(=O)(O)OC[C@@H](O)COP(=O)(O)O)OC(=O)CCC/C=C\C[C@H]1[C@@H](O)CC(=O)[C@@H]1/C=C/[C@@H](O)CCCCC. The fraction of sp³-hybridized carbons (Fsp3) is 0.717. The third kappa shape index (κ3) is 33.0. The number of ether oxygens (including phenoxy) is 2. The molecule has 6 N–H and O–H groups in total. The van der Waals surface area contributed by atoms with Gasteiger partial charge in [0.1, 0.15) is 18.5 Å². The second-order valence-electron chi connectivity index (χ2n) is 16.1. The van der Waals surface area contributed by atoms with Gasteiger partial charge >= 0.3 is 27.6 Å². The van der Waals surface area contributed by atoms with E-state index in [1.165, 1.54) is 38.5 Å². The molecule has 0 aromatic heterocycles.